The molecule has 0 spiro atoms. The topological polar surface area (TPSA) is 91.7 Å². The third-order valence-corrected chi connectivity index (χ3v) is 1.23. The molecule has 0 aromatic heterocycles. The van der Waals surface area contributed by atoms with Crippen LogP contribution in [0, 0.1) is 5.92 Å². The summed E-state index contributed by atoms with van der Waals surface area (Å²) in [6.07, 6.45) is 0.354. The number of carboxylic acid groups (broad SMARTS) is 2. The molecule has 0 aromatic rings. The van der Waals surface area contributed by atoms with E-state index in [0.717, 1.165) is 6.08 Å². The molecular weight excluding hydrogens is 164 g/mol. The average Bonchev–Trinajstić information content (AvgIpc) is 1.98. The van der Waals surface area contributed by atoms with Crippen LogP contribution in [-0.4, -0.2) is 27.9 Å². The van der Waals surface area contributed by atoms with Crippen LogP contribution in [0.5, 0.6) is 0 Å². The van der Waals surface area contributed by atoms with E-state index in [4.69, 9.17) is 10.2 Å². The molecule has 5 heteroatoms. The van der Waals surface area contributed by atoms with Crippen LogP contribution in [0.1, 0.15) is 6.42 Å². The van der Waals surface area contributed by atoms with Crippen molar-refractivity contribution >= 4 is 17.7 Å². The SMILES string of the molecule is C=CC(=O)CC(C(=O)O)C(=O)O. The summed E-state index contributed by atoms with van der Waals surface area (Å²) in [6.45, 7) is 3.10. The van der Waals surface area contributed by atoms with Crippen LogP contribution in [-0.2, 0) is 14.4 Å². The van der Waals surface area contributed by atoms with E-state index in [-0.39, 0.29) is 0 Å². The molecule has 0 heterocycles. The molecule has 0 aromatic carbocycles. The van der Waals surface area contributed by atoms with Crippen LogP contribution in [0.3, 0.4) is 0 Å². The Morgan fingerprint density at radius 1 is 1.25 bits per heavy atom. The number of carboxylic acids is 2. The van der Waals surface area contributed by atoms with Crippen molar-refractivity contribution in [2.45, 2.75) is 6.42 Å². The lowest BCUT2D eigenvalue weighted by Crippen LogP contribution is -2.25. The molecule has 0 aliphatic rings. The standard InChI is InChI=1S/C7H8O5/c1-2-4(8)3-5(6(9)10)7(11)12/h2,5H,1,3H2,(H,9,10)(H,11,12). The zero-order valence-corrected chi connectivity index (χ0v) is 6.19. The molecule has 0 rings (SSSR count). The summed E-state index contributed by atoms with van der Waals surface area (Å²) in [4.78, 5) is 31.0. The first-order chi connectivity index (χ1) is 5.49. The van der Waals surface area contributed by atoms with Gasteiger partial charge < -0.3 is 10.2 Å². The predicted octanol–water partition coefficient (Wildman–Crippen LogP) is -0.0830. The normalized spacial score (nSPS) is 9.42. The van der Waals surface area contributed by atoms with Crippen molar-refractivity contribution in [1.82, 2.24) is 0 Å². The van der Waals surface area contributed by atoms with Crippen LogP contribution in [0.25, 0.3) is 0 Å². The summed E-state index contributed by atoms with van der Waals surface area (Å²) in [6, 6.07) is 0. The maximum absolute atomic E-state index is 10.6. The number of hydrogen-bond acceptors (Lipinski definition) is 3. The molecule has 0 fully saturated rings. The molecule has 5 nitrogen and oxygen atoms in total. The van der Waals surface area contributed by atoms with Crippen molar-refractivity contribution in [3.8, 4) is 0 Å². The average molecular weight is 172 g/mol. The lowest BCUT2D eigenvalue weighted by Gasteiger charge is -2.02. The van der Waals surface area contributed by atoms with Gasteiger partial charge in [0.25, 0.3) is 0 Å². The quantitative estimate of drug-likeness (QED) is 0.447. The van der Waals surface area contributed by atoms with Crippen LogP contribution in [0.4, 0.5) is 0 Å². The number of carbonyl (C=O) groups excluding carboxylic acids is 1. The maximum Gasteiger partial charge on any atom is 0.318 e. The minimum Gasteiger partial charge on any atom is -0.481 e. The highest BCUT2D eigenvalue weighted by Crippen LogP contribution is 2.04. The van der Waals surface area contributed by atoms with Gasteiger partial charge in [-0.05, 0) is 6.08 Å². The van der Waals surface area contributed by atoms with Gasteiger partial charge in [0.05, 0.1) is 0 Å². The zero-order chi connectivity index (χ0) is 9.72. The highest BCUT2D eigenvalue weighted by atomic mass is 16.4. The van der Waals surface area contributed by atoms with Crippen molar-refractivity contribution in [2.75, 3.05) is 0 Å². The molecule has 2 N–H and O–H groups in total. The van der Waals surface area contributed by atoms with Crippen molar-refractivity contribution in [2.24, 2.45) is 5.92 Å². The second-order valence-electron chi connectivity index (χ2n) is 2.10. The Morgan fingerprint density at radius 2 is 1.67 bits per heavy atom. The Hall–Kier alpha value is -1.65. The molecular formula is C7H8O5. The van der Waals surface area contributed by atoms with Crippen molar-refractivity contribution in [3.63, 3.8) is 0 Å². The largest absolute Gasteiger partial charge is 0.481 e. The molecule has 66 valence electrons. The van der Waals surface area contributed by atoms with Gasteiger partial charge in [-0.3, -0.25) is 14.4 Å². The fourth-order valence-corrected chi connectivity index (χ4v) is 0.565. The lowest BCUT2D eigenvalue weighted by molar-refractivity contribution is -0.155. The van der Waals surface area contributed by atoms with E-state index in [1.165, 1.54) is 0 Å². The van der Waals surface area contributed by atoms with E-state index in [0.29, 0.717) is 0 Å². The molecule has 0 radical (unpaired) electrons. The summed E-state index contributed by atoms with van der Waals surface area (Å²) >= 11 is 0. The monoisotopic (exact) mass is 172 g/mol. The molecule has 0 aliphatic heterocycles. The van der Waals surface area contributed by atoms with Gasteiger partial charge in [0.1, 0.15) is 0 Å². The smallest absolute Gasteiger partial charge is 0.318 e. The van der Waals surface area contributed by atoms with Gasteiger partial charge >= 0.3 is 11.9 Å². The van der Waals surface area contributed by atoms with Crippen molar-refractivity contribution in [3.05, 3.63) is 12.7 Å². The number of hydrogen-bond donors (Lipinski definition) is 2. The molecule has 12 heavy (non-hydrogen) atoms. The number of carbonyl (C=O) groups is 3. The van der Waals surface area contributed by atoms with E-state index in [1.54, 1.807) is 0 Å². The molecule has 0 atom stereocenters. The number of rotatable bonds is 5. The number of allylic oxidation sites excluding steroid dienone is 1. The second kappa shape index (κ2) is 4.27. The fourth-order valence-electron chi connectivity index (χ4n) is 0.565. The van der Waals surface area contributed by atoms with Gasteiger partial charge in [-0.25, -0.2) is 0 Å². The summed E-state index contributed by atoms with van der Waals surface area (Å²) in [5.41, 5.74) is 0. The van der Waals surface area contributed by atoms with Gasteiger partial charge in [0, 0.05) is 6.42 Å². The van der Waals surface area contributed by atoms with Gasteiger partial charge in [0.2, 0.25) is 0 Å². The predicted molar refractivity (Wildman–Crippen MR) is 38.6 cm³/mol. The fraction of sp³-hybridized carbons (Fsp3) is 0.286. The van der Waals surface area contributed by atoms with E-state index in [1.807, 2.05) is 0 Å². The third-order valence-electron chi connectivity index (χ3n) is 1.23. The minimum absolute atomic E-state index is 0.547. The van der Waals surface area contributed by atoms with Gasteiger partial charge in [0.15, 0.2) is 11.7 Å². The van der Waals surface area contributed by atoms with Crippen LogP contribution < -0.4 is 0 Å². The summed E-state index contributed by atoms with van der Waals surface area (Å²) in [7, 11) is 0. The van der Waals surface area contributed by atoms with Gasteiger partial charge in [-0.2, -0.15) is 0 Å². The number of ketones is 1. The molecule has 0 bridgehead atoms. The Kier molecular flexibility index (Phi) is 3.69. The van der Waals surface area contributed by atoms with Crippen molar-refractivity contribution < 1.29 is 24.6 Å². The van der Waals surface area contributed by atoms with E-state index < -0.39 is 30.1 Å². The Balaban J connectivity index is 4.34. The maximum atomic E-state index is 10.6. The molecule has 0 aliphatic carbocycles. The zero-order valence-electron chi connectivity index (χ0n) is 6.19. The highest BCUT2D eigenvalue weighted by Gasteiger charge is 2.27. The third kappa shape index (κ3) is 2.96. The van der Waals surface area contributed by atoms with Crippen LogP contribution in [0.15, 0.2) is 12.7 Å². The molecule has 0 unspecified atom stereocenters. The van der Waals surface area contributed by atoms with Gasteiger partial charge in [-0.15, -0.1) is 0 Å². The Labute approximate surface area is 68.3 Å². The summed E-state index contributed by atoms with van der Waals surface area (Å²) in [5, 5.41) is 16.6. The van der Waals surface area contributed by atoms with Crippen LogP contribution in [0.2, 0.25) is 0 Å². The molecule has 0 amide bonds. The highest BCUT2D eigenvalue weighted by molar-refractivity contribution is 6.00. The second-order valence-corrected chi connectivity index (χ2v) is 2.10. The first kappa shape index (κ1) is 10.3. The van der Waals surface area contributed by atoms with E-state index in [2.05, 4.69) is 6.58 Å². The molecule has 0 saturated heterocycles. The molecule has 0 saturated carbocycles. The van der Waals surface area contributed by atoms with Crippen molar-refractivity contribution in [1.29, 1.82) is 0 Å². The van der Waals surface area contributed by atoms with E-state index in [9.17, 15) is 14.4 Å². The lowest BCUT2D eigenvalue weighted by atomic mass is 10.0. The summed E-state index contributed by atoms with van der Waals surface area (Å²) < 4.78 is 0. The van der Waals surface area contributed by atoms with E-state index >= 15 is 0 Å². The first-order valence-corrected chi connectivity index (χ1v) is 3.10. The number of aliphatic carboxylic acids is 2. The Morgan fingerprint density at radius 3 is 1.92 bits per heavy atom. The van der Waals surface area contributed by atoms with Crippen LogP contribution >= 0.6 is 0 Å². The Bertz CT molecular complexity index is 216. The summed E-state index contributed by atoms with van der Waals surface area (Å²) in [5.74, 6) is -5.30. The first-order valence-electron chi connectivity index (χ1n) is 3.10. The minimum atomic E-state index is -1.67. The van der Waals surface area contributed by atoms with Gasteiger partial charge in [-0.1, -0.05) is 6.58 Å².